The van der Waals surface area contributed by atoms with Crippen LogP contribution in [0.3, 0.4) is 0 Å². The van der Waals surface area contributed by atoms with Gasteiger partial charge in [-0.25, -0.2) is 9.48 Å². The predicted molar refractivity (Wildman–Crippen MR) is 117 cm³/mol. The van der Waals surface area contributed by atoms with E-state index >= 15 is 0 Å². The van der Waals surface area contributed by atoms with Gasteiger partial charge in [-0.1, -0.05) is 29.8 Å². The number of carbonyl (C=O) groups excluding carboxylic acids is 1. The van der Waals surface area contributed by atoms with Crippen molar-refractivity contribution in [3.05, 3.63) is 71.5 Å². The summed E-state index contributed by atoms with van der Waals surface area (Å²) >= 11 is 6.46. The fourth-order valence-corrected chi connectivity index (χ4v) is 3.81. The Morgan fingerprint density at radius 2 is 1.86 bits per heavy atom. The fraction of sp³-hybridized carbons (Fsp3) is 0.273. The summed E-state index contributed by atoms with van der Waals surface area (Å²) in [5, 5.41) is 10.7. The molecule has 2 amide bonds. The van der Waals surface area contributed by atoms with E-state index in [1.165, 1.54) is 19.3 Å². The number of rotatable bonds is 5. The second-order valence-corrected chi connectivity index (χ2v) is 7.56. The molecule has 0 bridgehead atoms. The lowest BCUT2D eigenvalue weighted by molar-refractivity contribution is 0.251. The number of halogens is 1. The molecule has 2 heterocycles. The molecule has 0 atom stereocenters. The molecule has 1 fully saturated rings. The molecule has 6 nitrogen and oxygen atoms in total. The Morgan fingerprint density at radius 1 is 1.07 bits per heavy atom. The molecule has 0 spiro atoms. The largest absolute Gasteiger partial charge is 0.370 e. The van der Waals surface area contributed by atoms with Gasteiger partial charge in [0.2, 0.25) is 0 Å². The highest BCUT2D eigenvalue weighted by molar-refractivity contribution is 6.33. The Labute approximate surface area is 175 Å². The van der Waals surface area contributed by atoms with Crippen LogP contribution >= 0.6 is 11.6 Å². The minimum atomic E-state index is -0.278. The number of carbonyl (C=O) groups is 1. The molecule has 2 aromatic carbocycles. The summed E-state index contributed by atoms with van der Waals surface area (Å²) in [6.07, 6.45) is 7.31. The highest BCUT2D eigenvalue weighted by atomic mass is 35.5. The molecule has 7 heteroatoms. The first-order valence-corrected chi connectivity index (χ1v) is 10.3. The smallest absolute Gasteiger partial charge is 0.319 e. The molecule has 1 aliphatic heterocycles. The van der Waals surface area contributed by atoms with Gasteiger partial charge in [0, 0.05) is 37.1 Å². The third-order valence-electron chi connectivity index (χ3n) is 5.01. The van der Waals surface area contributed by atoms with Gasteiger partial charge in [0.1, 0.15) is 0 Å². The minimum Gasteiger partial charge on any atom is -0.370 e. The number of para-hydroxylation sites is 1. The SMILES string of the molecule is O=C(NCc1cnn(-c2ccccc2)c1)Nc1ccc(N2CCCCC2)c(Cl)c1. The van der Waals surface area contributed by atoms with E-state index in [4.69, 9.17) is 11.6 Å². The van der Waals surface area contributed by atoms with Gasteiger partial charge in [-0.05, 0) is 49.6 Å². The van der Waals surface area contributed by atoms with Crippen molar-refractivity contribution in [2.75, 3.05) is 23.3 Å². The number of aromatic nitrogens is 2. The maximum absolute atomic E-state index is 12.3. The maximum atomic E-state index is 12.3. The topological polar surface area (TPSA) is 62.2 Å². The molecule has 1 aromatic heterocycles. The number of anilines is 2. The van der Waals surface area contributed by atoms with E-state index < -0.39 is 0 Å². The monoisotopic (exact) mass is 409 g/mol. The minimum absolute atomic E-state index is 0.278. The van der Waals surface area contributed by atoms with Crippen molar-refractivity contribution in [3.8, 4) is 5.69 Å². The number of amides is 2. The van der Waals surface area contributed by atoms with Crippen LogP contribution in [0.15, 0.2) is 60.9 Å². The van der Waals surface area contributed by atoms with Crippen LogP contribution < -0.4 is 15.5 Å². The Kier molecular flexibility index (Phi) is 6.00. The summed E-state index contributed by atoms with van der Waals surface area (Å²) in [6.45, 7) is 2.45. The van der Waals surface area contributed by atoms with Gasteiger partial charge in [-0.15, -0.1) is 0 Å². The van der Waals surface area contributed by atoms with Crippen LogP contribution in [-0.2, 0) is 6.54 Å². The molecule has 0 saturated carbocycles. The molecular formula is C22H24ClN5O. The Balaban J connectivity index is 1.32. The lowest BCUT2D eigenvalue weighted by Gasteiger charge is -2.29. The quantitative estimate of drug-likeness (QED) is 0.634. The number of hydrogen-bond donors (Lipinski definition) is 2. The lowest BCUT2D eigenvalue weighted by atomic mass is 10.1. The molecule has 3 aromatic rings. The van der Waals surface area contributed by atoms with Gasteiger partial charge in [0.25, 0.3) is 0 Å². The van der Waals surface area contributed by atoms with Crippen LogP contribution in [0, 0.1) is 0 Å². The van der Waals surface area contributed by atoms with Crippen LogP contribution in [0.5, 0.6) is 0 Å². The normalized spacial score (nSPS) is 13.9. The van der Waals surface area contributed by atoms with Gasteiger partial charge < -0.3 is 15.5 Å². The summed E-state index contributed by atoms with van der Waals surface area (Å²) in [4.78, 5) is 14.6. The lowest BCUT2D eigenvalue weighted by Crippen LogP contribution is -2.30. The molecule has 4 rings (SSSR count). The highest BCUT2D eigenvalue weighted by Gasteiger charge is 2.14. The van der Waals surface area contributed by atoms with Crippen molar-refractivity contribution in [1.82, 2.24) is 15.1 Å². The maximum Gasteiger partial charge on any atom is 0.319 e. The average molecular weight is 410 g/mol. The summed E-state index contributed by atoms with van der Waals surface area (Å²) in [5.74, 6) is 0. The Morgan fingerprint density at radius 3 is 2.62 bits per heavy atom. The Bertz CT molecular complexity index is 966. The van der Waals surface area contributed by atoms with Crippen LogP contribution in [0.2, 0.25) is 5.02 Å². The molecule has 0 aliphatic carbocycles. The molecule has 0 radical (unpaired) electrons. The summed E-state index contributed by atoms with van der Waals surface area (Å²) < 4.78 is 1.79. The fourth-order valence-electron chi connectivity index (χ4n) is 3.51. The average Bonchev–Trinajstić information content (AvgIpc) is 3.23. The van der Waals surface area contributed by atoms with Crippen LogP contribution in [0.25, 0.3) is 5.69 Å². The highest BCUT2D eigenvalue weighted by Crippen LogP contribution is 2.30. The van der Waals surface area contributed by atoms with Crippen molar-refractivity contribution in [1.29, 1.82) is 0 Å². The van der Waals surface area contributed by atoms with Crippen molar-refractivity contribution in [2.45, 2.75) is 25.8 Å². The van der Waals surface area contributed by atoms with Gasteiger partial charge >= 0.3 is 6.03 Å². The van der Waals surface area contributed by atoms with Crippen LogP contribution in [-0.4, -0.2) is 28.9 Å². The summed E-state index contributed by atoms with van der Waals surface area (Å²) in [6, 6.07) is 15.2. The standard InChI is InChI=1S/C22H24ClN5O/c23-20-13-18(9-10-21(20)27-11-5-2-6-12-27)26-22(29)24-14-17-15-25-28(16-17)19-7-3-1-4-8-19/h1,3-4,7-10,13,15-16H,2,5-6,11-12,14H2,(H2,24,26,29). The van der Waals surface area contributed by atoms with Crippen molar-refractivity contribution >= 4 is 29.0 Å². The van der Waals surface area contributed by atoms with E-state index in [-0.39, 0.29) is 6.03 Å². The van der Waals surface area contributed by atoms with E-state index in [9.17, 15) is 4.79 Å². The molecule has 29 heavy (non-hydrogen) atoms. The zero-order valence-electron chi connectivity index (χ0n) is 16.1. The Hall–Kier alpha value is -2.99. The zero-order valence-corrected chi connectivity index (χ0v) is 16.9. The zero-order chi connectivity index (χ0) is 20.1. The first-order chi connectivity index (χ1) is 14.2. The molecular weight excluding hydrogens is 386 g/mol. The predicted octanol–water partition coefficient (Wildman–Crippen LogP) is 4.84. The third-order valence-corrected chi connectivity index (χ3v) is 5.31. The van der Waals surface area contributed by atoms with Gasteiger partial charge in [0.15, 0.2) is 0 Å². The van der Waals surface area contributed by atoms with Crippen LogP contribution in [0.1, 0.15) is 24.8 Å². The number of benzene rings is 2. The van der Waals surface area contributed by atoms with E-state index in [0.717, 1.165) is 30.0 Å². The van der Waals surface area contributed by atoms with Crippen molar-refractivity contribution in [2.24, 2.45) is 0 Å². The number of nitrogens with zero attached hydrogens (tertiary/aromatic N) is 3. The molecule has 0 unspecified atom stereocenters. The van der Waals surface area contributed by atoms with E-state index in [0.29, 0.717) is 17.3 Å². The van der Waals surface area contributed by atoms with Gasteiger partial charge in [-0.2, -0.15) is 5.10 Å². The summed E-state index contributed by atoms with van der Waals surface area (Å²) in [7, 11) is 0. The third kappa shape index (κ3) is 4.90. The molecule has 2 N–H and O–H groups in total. The van der Waals surface area contributed by atoms with Gasteiger partial charge in [-0.3, -0.25) is 0 Å². The second kappa shape index (κ2) is 9.01. The second-order valence-electron chi connectivity index (χ2n) is 7.15. The number of piperidine rings is 1. The number of nitrogens with one attached hydrogen (secondary N) is 2. The van der Waals surface area contributed by atoms with Crippen LogP contribution in [0.4, 0.5) is 16.2 Å². The molecule has 150 valence electrons. The van der Waals surface area contributed by atoms with Crippen molar-refractivity contribution < 1.29 is 4.79 Å². The van der Waals surface area contributed by atoms with E-state index in [1.54, 1.807) is 16.9 Å². The van der Waals surface area contributed by atoms with E-state index in [1.807, 2.05) is 48.7 Å². The first kappa shape index (κ1) is 19.3. The summed E-state index contributed by atoms with van der Waals surface area (Å²) in [5.41, 5.74) is 3.60. The first-order valence-electron chi connectivity index (χ1n) is 9.87. The number of hydrogen-bond acceptors (Lipinski definition) is 3. The molecule has 1 aliphatic rings. The van der Waals surface area contributed by atoms with Gasteiger partial charge in [0.05, 0.1) is 22.6 Å². The van der Waals surface area contributed by atoms with E-state index in [2.05, 4.69) is 20.6 Å². The molecule has 1 saturated heterocycles. The van der Waals surface area contributed by atoms with Crippen molar-refractivity contribution in [3.63, 3.8) is 0 Å². The number of urea groups is 1.